The highest BCUT2D eigenvalue weighted by Crippen LogP contribution is 2.59. The molecule has 2 rings (SSSR count). The zero-order valence-electron chi connectivity index (χ0n) is 12.4. The molecule has 116 valence electrons. The van der Waals surface area contributed by atoms with E-state index in [4.69, 9.17) is 13.8 Å². The van der Waals surface area contributed by atoms with Crippen molar-refractivity contribution in [2.24, 2.45) is 0 Å². The van der Waals surface area contributed by atoms with Crippen molar-refractivity contribution < 1.29 is 23.1 Å². The summed E-state index contributed by atoms with van der Waals surface area (Å²) in [6.45, 7) is 3.58. The van der Waals surface area contributed by atoms with Gasteiger partial charge in [0.2, 0.25) is 0 Å². The molecule has 0 saturated heterocycles. The lowest BCUT2D eigenvalue weighted by Crippen LogP contribution is -2.16. The number of rotatable bonds is 5. The van der Waals surface area contributed by atoms with E-state index >= 15 is 0 Å². The number of benzene rings is 1. The monoisotopic (exact) mass is 321 g/mol. The fourth-order valence-electron chi connectivity index (χ4n) is 2.21. The minimum atomic E-state index is -3.77. The summed E-state index contributed by atoms with van der Waals surface area (Å²) in [4.78, 5) is 11.8. The number of nitriles is 1. The van der Waals surface area contributed by atoms with E-state index in [9.17, 15) is 14.6 Å². The quantitative estimate of drug-likeness (QED) is 0.357. The van der Waals surface area contributed by atoms with Gasteiger partial charge >= 0.3 is 13.6 Å². The lowest BCUT2D eigenvalue weighted by Gasteiger charge is -2.23. The zero-order chi connectivity index (χ0) is 16.2. The van der Waals surface area contributed by atoms with Crippen molar-refractivity contribution in [1.82, 2.24) is 0 Å². The smallest absolute Gasteiger partial charge is 0.372 e. The molecule has 0 spiro atoms. The van der Waals surface area contributed by atoms with E-state index in [0.717, 1.165) is 0 Å². The molecule has 1 aromatic carbocycles. The highest BCUT2D eigenvalue weighted by atomic mass is 31.2. The maximum atomic E-state index is 12.9. The van der Waals surface area contributed by atoms with Gasteiger partial charge in [-0.25, -0.2) is 0 Å². The number of nitrogens with zero attached hydrogens (tertiary/aromatic N) is 1. The molecule has 6 nitrogen and oxygen atoms in total. The Morgan fingerprint density at radius 1 is 1.32 bits per heavy atom. The summed E-state index contributed by atoms with van der Waals surface area (Å²) in [5.41, 5.74) is 0.887. The van der Waals surface area contributed by atoms with Crippen LogP contribution in [0.3, 0.4) is 0 Å². The highest BCUT2D eigenvalue weighted by Gasteiger charge is 2.36. The Hall–Kier alpha value is -1.93. The van der Waals surface area contributed by atoms with E-state index < -0.39 is 13.6 Å². The number of carbonyl (C=O) groups is 1. The highest BCUT2D eigenvalue weighted by molar-refractivity contribution is 7.59. The Labute approximate surface area is 128 Å². The topological polar surface area (TPSA) is 85.6 Å². The molecule has 0 N–H and O–H groups in total. The minimum absolute atomic E-state index is 0.127. The SMILES string of the molecule is CCOP(=O)(OCC)/C(C#N)=C1/CC(=O)Oc2ccccc21. The Morgan fingerprint density at radius 3 is 2.55 bits per heavy atom. The van der Waals surface area contributed by atoms with Gasteiger partial charge in [0.05, 0.1) is 19.6 Å². The Balaban J connectivity index is 2.66. The van der Waals surface area contributed by atoms with Crippen molar-refractivity contribution in [3.63, 3.8) is 0 Å². The van der Waals surface area contributed by atoms with Crippen molar-refractivity contribution in [2.45, 2.75) is 20.3 Å². The molecule has 0 bridgehead atoms. The number of allylic oxidation sites excluding steroid dienone is 1. The standard InChI is InChI=1S/C15H16NO5P/c1-3-19-22(18,20-4-2)14(10-16)12-9-15(17)21-13-8-6-5-7-11(12)13/h5-8H,3-4,9H2,1-2H3/b14-12-. The van der Waals surface area contributed by atoms with E-state index in [1.54, 1.807) is 38.1 Å². The summed E-state index contributed by atoms with van der Waals surface area (Å²) in [5, 5.41) is 9.35. The van der Waals surface area contributed by atoms with Gasteiger partial charge in [0, 0.05) is 11.1 Å². The van der Waals surface area contributed by atoms with Crippen LogP contribution in [0.2, 0.25) is 0 Å². The van der Waals surface area contributed by atoms with Crippen molar-refractivity contribution in [2.75, 3.05) is 13.2 Å². The van der Waals surface area contributed by atoms with Crippen LogP contribution in [0.1, 0.15) is 25.8 Å². The van der Waals surface area contributed by atoms with E-state index in [0.29, 0.717) is 16.9 Å². The second-order valence-corrected chi connectivity index (χ2v) is 6.38. The molecule has 1 aromatic rings. The average Bonchev–Trinajstić information content (AvgIpc) is 2.48. The van der Waals surface area contributed by atoms with Crippen LogP contribution in [0.4, 0.5) is 0 Å². The van der Waals surface area contributed by atoms with Gasteiger partial charge in [-0.1, -0.05) is 18.2 Å². The van der Waals surface area contributed by atoms with E-state index in [1.807, 2.05) is 6.07 Å². The molecule has 0 radical (unpaired) electrons. The third kappa shape index (κ3) is 3.12. The first-order chi connectivity index (χ1) is 10.6. The predicted molar refractivity (Wildman–Crippen MR) is 80.1 cm³/mol. The molecule has 1 aliphatic rings. The molecule has 0 fully saturated rings. The van der Waals surface area contributed by atoms with Gasteiger partial charge in [0.15, 0.2) is 0 Å². The number of hydrogen-bond donors (Lipinski definition) is 0. The molecule has 1 aliphatic heterocycles. The van der Waals surface area contributed by atoms with Crippen LogP contribution in [0, 0.1) is 11.3 Å². The lowest BCUT2D eigenvalue weighted by atomic mass is 9.99. The molecule has 0 amide bonds. The Bertz CT molecular complexity index is 694. The summed E-state index contributed by atoms with van der Waals surface area (Å²) >= 11 is 0. The number of para-hydroxylation sites is 1. The fourth-order valence-corrected chi connectivity index (χ4v) is 3.88. The van der Waals surface area contributed by atoms with Crippen LogP contribution < -0.4 is 4.74 Å². The van der Waals surface area contributed by atoms with Crippen LogP contribution >= 0.6 is 7.60 Å². The van der Waals surface area contributed by atoms with E-state index in [1.165, 1.54) is 0 Å². The third-order valence-corrected chi connectivity index (χ3v) is 5.13. The van der Waals surface area contributed by atoms with Gasteiger partial charge in [-0.3, -0.25) is 9.36 Å². The van der Waals surface area contributed by atoms with Gasteiger partial charge in [0.25, 0.3) is 0 Å². The molecule has 0 atom stereocenters. The fraction of sp³-hybridized carbons (Fsp3) is 0.333. The number of esters is 1. The second-order valence-electron chi connectivity index (χ2n) is 4.42. The predicted octanol–water partition coefficient (Wildman–Crippen LogP) is 3.50. The van der Waals surface area contributed by atoms with Crippen LogP contribution in [0.15, 0.2) is 29.6 Å². The molecule has 22 heavy (non-hydrogen) atoms. The third-order valence-electron chi connectivity index (χ3n) is 3.02. The van der Waals surface area contributed by atoms with Gasteiger partial charge in [0.1, 0.15) is 17.1 Å². The van der Waals surface area contributed by atoms with Crippen LogP contribution in [-0.4, -0.2) is 19.2 Å². The average molecular weight is 321 g/mol. The summed E-state index contributed by atoms with van der Waals surface area (Å²) < 4.78 is 28.5. The zero-order valence-corrected chi connectivity index (χ0v) is 13.3. The number of carbonyl (C=O) groups excluding carboxylic acids is 1. The second kappa shape index (κ2) is 6.89. The molecule has 0 unspecified atom stereocenters. The van der Waals surface area contributed by atoms with Crippen LogP contribution in [-0.2, 0) is 18.4 Å². The molecule has 7 heteroatoms. The van der Waals surface area contributed by atoms with Gasteiger partial charge in [-0.15, -0.1) is 0 Å². The van der Waals surface area contributed by atoms with E-state index in [-0.39, 0.29) is 24.9 Å². The molecular formula is C15H16NO5P. The minimum Gasteiger partial charge on any atom is -0.426 e. The summed E-state index contributed by atoms with van der Waals surface area (Å²) in [5.74, 6) is -0.179. The van der Waals surface area contributed by atoms with Crippen molar-refractivity contribution >= 4 is 19.1 Å². The number of hydrogen-bond acceptors (Lipinski definition) is 6. The van der Waals surface area contributed by atoms with Crippen molar-refractivity contribution in [3.8, 4) is 11.8 Å². The van der Waals surface area contributed by atoms with Gasteiger partial charge in [-0.05, 0) is 19.9 Å². The summed E-state index contributed by atoms with van der Waals surface area (Å²) in [6, 6.07) is 8.69. The molecule has 1 heterocycles. The van der Waals surface area contributed by atoms with Crippen molar-refractivity contribution in [3.05, 3.63) is 35.1 Å². The maximum Gasteiger partial charge on any atom is 0.372 e. The first-order valence-electron chi connectivity index (χ1n) is 6.88. The van der Waals surface area contributed by atoms with Crippen LogP contribution in [0.25, 0.3) is 5.57 Å². The normalized spacial score (nSPS) is 16.5. The summed E-state index contributed by atoms with van der Waals surface area (Å²) in [7, 11) is -3.77. The first-order valence-corrected chi connectivity index (χ1v) is 8.43. The summed E-state index contributed by atoms with van der Waals surface area (Å²) in [6.07, 6.45) is -0.149. The maximum absolute atomic E-state index is 12.9. The Kier molecular flexibility index (Phi) is 5.15. The van der Waals surface area contributed by atoms with Crippen LogP contribution in [0.5, 0.6) is 5.75 Å². The largest absolute Gasteiger partial charge is 0.426 e. The molecule has 0 aliphatic carbocycles. The van der Waals surface area contributed by atoms with Crippen molar-refractivity contribution in [1.29, 1.82) is 5.26 Å². The molecular weight excluding hydrogens is 305 g/mol. The van der Waals surface area contributed by atoms with Gasteiger partial charge in [-0.2, -0.15) is 5.26 Å². The first kappa shape index (κ1) is 16.4. The van der Waals surface area contributed by atoms with E-state index in [2.05, 4.69) is 0 Å². The van der Waals surface area contributed by atoms with Gasteiger partial charge < -0.3 is 13.8 Å². The molecule has 0 aromatic heterocycles. The lowest BCUT2D eigenvalue weighted by molar-refractivity contribution is -0.133. The number of ether oxygens (including phenoxy) is 1. The Morgan fingerprint density at radius 2 is 1.95 bits per heavy atom. The molecule has 0 saturated carbocycles. The number of fused-ring (bicyclic) bond motifs is 1.